The predicted octanol–water partition coefficient (Wildman–Crippen LogP) is 2.99. The van der Waals surface area contributed by atoms with Crippen LogP contribution in [0.15, 0.2) is 48.5 Å². The summed E-state index contributed by atoms with van der Waals surface area (Å²) >= 11 is 1.54. The summed E-state index contributed by atoms with van der Waals surface area (Å²) in [4.78, 5) is 25.9. The Bertz CT molecular complexity index is 830. The zero-order valence-electron chi connectivity index (χ0n) is 15.0. The Balaban J connectivity index is 1.48. The summed E-state index contributed by atoms with van der Waals surface area (Å²) in [5.41, 5.74) is 1.33. The normalized spacial score (nSPS) is 15.6. The van der Waals surface area contributed by atoms with Crippen LogP contribution >= 0.6 is 11.8 Å². The number of anilines is 1. The number of amides is 2. The number of hydrogen-bond acceptors (Lipinski definition) is 4. The molecule has 5 nitrogen and oxygen atoms in total. The third kappa shape index (κ3) is 4.80. The molecule has 27 heavy (non-hydrogen) atoms. The highest BCUT2D eigenvalue weighted by molar-refractivity contribution is 7.98. The maximum absolute atomic E-state index is 13.6. The lowest BCUT2D eigenvalue weighted by atomic mass is 10.1. The minimum atomic E-state index is -0.750. The van der Waals surface area contributed by atoms with Gasteiger partial charge in [0, 0.05) is 25.0 Å². The molecule has 1 N–H and O–H groups in total. The van der Waals surface area contributed by atoms with Crippen molar-refractivity contribution in [1.29, 1.82) is 0 Å². The molecule has 1 aliphatic heterocycles. The van der Waals surface area contributed by atoms with Gasteiger partial charge in [0.1, 0.15) is 11.6 Å². The van der Waals surface area contributed by atoms with Crippen LogP contribution in [0.3, 0.4) is 0 Å². The van der Waals surface area contributed by atoms with Crippen molar-refractivity contribution in [2.45, 2.75) is 18.8 Å². The van der Waals surface area contributed by atoms with Crippen LogP contribution in [0.25, 0.3) is 0 Å². The quantitative estimate of drug-likeness (QED) is 0.773. The summed E-state index contributed by atoms with van der Waals surface area (Å²) in [5.74, 6) is 1.11. The average molecular weight is 388 g/mol. The highest BCUT2D eigenvalue weighted by Gasteiger charge is 2.32. The summed E-state index contributed by atoms with van der Waals surface area (Å²) in [7, 11) is 0. The van der Waals surface area contributed by atoms with Gasteiger partial charge in [-0.1, -0.05) is 30.3 Å². The smallest absolute Gasteiger partial charge is 0.263 e. The number of nitrogens with zero attached hydrogens (tertiary/aromatic N) is 1. The van der Waals surface area contributed by atoms with Crippen molar-refractivity contribution in [2.24, 2.45) is 0 Å². The molecule has 1 aliphatic rings. The first kappa shape index (κ1) is 19.2. The van der Waals surface area contributed by atoms with Gasteiger partial charge >= 0.3 is 0 Å². The molecule has 0 unspecified atom stereocenters. The fourth-order valence-corrected chi connectivity index (χ4v) is 3.67. The second-order valence-corrected chi connectivity index (χ2v) is 7.24. The molecule has 0 spiro atoms. The van der Waals surface area contributed by atoms with Crippen molar-refractivity contribution < 1.29 is 18.7 Å². The van der Waals surface area contributed by atoms with Gasteiger partial charge in [-0.3, -0.25) is 9.59 Å². The Labute approximate surface area is 161 Å². The first-order valence-electron chi connectivity index (χ1n) is 8.69. The Morgan fingerprint density at radius 2 is 1.96 bits per heavy atom. The van der Waals surface area contributed by atoms with Crippen LogP contribution in [0.1, 0.15) is 12.5 Å². The molecule has 0 fully saturated rings. The van der Waals surface area contributed by atoms with Gasteiger partial charge in [-0.05, 0) is 23.8 Å². The Morgan fingerprint density at radius 3 is 2.74 bits per heavy atom. The van der Waals surface area contributed by atoms with Crippen LogP contribution in [0.2, 0.25) is 0 Å². The lowest BCUT2D eigenvalue weighted by molar-refractivity contribution is -0.128. The third-order valence-electron chi connectivity index (χ3n) is 4.21. The van der Waals surface area contributed by atoms with Crippen LogP contribution in [0.5, 0.6) is 5.75 Å². The number of fused-ring (bicyclic) bond motifs is 1. The highest BCUT2D eigenvalue weighted by Crippen LogP contribution is 2.33. The Morgan fingerprint density at radius 1 is 1.22 bits per heavy atom. The molecular weight excluding hydrogens is 367 g/mol. The number of nitrogens with one attached hydrogen (secondary N) is 1. The minimum absolute atomic E-state index is 0.135. The molecule has 2 aromatic rings. The molecule has 0 aromatic heterocycles. The highest BCUT2D eigenvalue weighted by atomic mass is 32.2. The van der Waals surface area contributed by atoms with Crippen LogP contribution in [-0.2, 0) is 15.3 Å². The van der Waals surface area contributed by atoms with E-state index in [2.05, 4.69) is 5.32 Å². The van der Waals surface area contributed by atoms with Crippen molar-refractivity contribution in [3.8, 4) is 5.75 Å². The zero-order chi connectivity index (χ0) is 19.2. The molecule has 1 atom stereocenters. The van der Waals surface area contributed by atoms with E-state index in [9.17, 15) is 14.0 Å². The lowest BCUT2D eigenvalue weighted by Gasteiger charge is -2.33. The van der Waals surface area contributed by atoms with Crippen molar-refractivity contribution in [1.82, 2.24) is 5.32 Å². The standard InChI is InChI=1S/C20H21FN2O3S/c1-14(24)23-12-19(26-18-9-5-4-8-17(18)23)20(25)22-10-11-27-13-15-6-2-3-7-16(15)21/h2-9,19H,10-13H2,1H3,(H,22,25)/t19-/m1/s1. The van der Waals surface area contributed by atoms with E-state index in [1.807, 2.05) is 6.07 Å². The number of rotatable bonds is 6. The number of para-hydroxylation sites is 2. The molecule has 3 rings (SSSR count). The average Bonchev–Trinajstić information content (AvgIpc) is 2.67. The first-order chi connectivity index (χ1) is 13.1. The van der Waals surface area contributed by atoms with Gasteiger partial charge in [-0.25, -0.2) is 4.39 Å². The fraction of sp³-hybridized carbons (Fsp3) is 0.300. The lowest BCUT2D eigenvalue weighted by Crippen LogP contribution is -2.50. The largest absolute Gasteiger partial charge is 0.477 e. The molecule has 0 bridgehead atoms. The number of ether oxygens (including phenoxy) is 1. The van der Waals surface area contributed by atoms with Crippen LogP contribution in [-0.4, -0.2) is 36.8 Å². The molecule has 0 aliphatic carbocycles. The van der Waals surface area contributed by atoms with E-state index in [0.29, 0.717) is 35.1 Å². The molecule has 7 heteroatoms. The van der Waals surface area contributed by atoms with Crippen LogP contribution in [0.4, 0.5) is 10.1 Å². The van der Waals surface area contributed by atoms with Gasteiger partial charge in [0.05, 0.1) is 12.2 Å². The third-order valence-corrected chi connectivity index (χ3v) is 5.22. The molecule has 1 heterocycles. The second-order valence-electron chi connectivity index (χ2n) is 6.14. The van der Waals surface area contributed by atoms with Crippen LogP contribution < -0.4 is 15.0 Å². The maximum atomic E-state index is 13.6. The molecule has 0 radical (unpaired) electrons. The van der Waals surface area contributed by atoms with Crippen LogP contribution in [0, 0.1) is 5.82 Å². The summed E-state index contributed by atoms with van der Waals surface area (Å²) in [5, 5.41) is 2.83. The van der Waals surface area contributed by atoms with Crippen molar-refractivity contribution in [3.05, 3.63) is 59.9 Å². The summed E-state index contributed by atoms with van der Waals surface area (Å²) in [6, 6.07) is 13.8. The number of hydrogen-bond donors (Lipinski definition) is 1. The molecule has 2 aromatic carbocycles. The summed E-state index contributed by atoms with van der Waals surface area (Å²) in [6.45, 7) is 2.09. The van der Waals surface area contributed by atoms with Gasteiger partial charge in [-0.15, -0.1) is 0 Å². The number of carbonyl (C=O) groups excluding carboxylic acids is 2. The van der Waals surface area contributed by atoms with E-state index < -0.39 is 6.10 Å². The number of halogens is 1. The second kappa shape index (κ2) is 8.90. The van der Waals surface area contributed by atoms with E-state index in [1.165, 1.54) is 13.0 Å². The van der Waals surface area contributed by atoms with Gasteiger partial charge in [-0.2, -0.15) is 11.8 Å². The Hall–Kier alpha value is -2.54. The maximum Gasteiger partial charge on any atom is 0.263 e. The predicted molar refractivity (Wildman–Crippen MR) is 104 cm³/mol. The van der Waals surface area contributed by atoms with Crippen molar-refractivity contribution in [2.75, 3.05) is 23.7 Å². The molecular formula is C20H21FN2O3S. The SMILES string of the molecule is CC(=O)N1C[C@H](C(=O)NCCSCc2ccccc2F)Oc2ccccc21. The summed E-state index contributed by atoms with van der Waals surface area (Å²) < 4.78 is 19.3. The van der Waals surface area contributed by atoms with Crippen molar-refractivity contribution in [3.63, 3.8) is 0 Å². The number of thioether (sulfide) groups is 1. The van der Waals surface area contributed by atoms with E-state index in [1.54, 1.807) is 53.1 Å². The number of carbonyl (C=O) groups is 2. The monoisotopic (exact) mass is 388 g/mol. The zero-order valence-corrected chi connectivity index (χ0v) is 15.8. The summed E-state index contributed by atoms with van der Waals surface area (Å²) in [6.07, 6.45) is -0.750. The fourth-order valence-electron chi connectivity index (χ4n) is 2.83. The van der Waals surface area contributed by atoms with Gasteiger partial charge < -0.3 is 15.0 Å². The Kier molecular flexibility index (Phi) is 6.34. The van der Waals surface area contributed by atoms with Gasteiger partial charge in [0.2, 0.25) is 5.91 Å². The molecule has 0 saturated heterocycles. The van der Waals surface area contributed by atoms with Crippen molar-refractivity contribution >= 4 is 29.3 Å². The molecule has 2 amide bonds. The number of benzene rings is 2. The van der Waals surface area contributed by atoms with E-state index in [0.717, 1.165) is 0 Å². The molecule has 142 valence electrons. The van der Waals surface area contributed by atoms with Gasteiger partial charge in [0.15, 0.2) is 6.10 Å². The van der Waals surface area contributed by atoms with E-state index >= 15 is 0 Å². The van der Waals surface area contributed by atoms with E-state index in [4.69, 9.17) is 4.74 Å². The minimum Gasteiger partial charge on any atom is -0.477 e. The molecule has 0 saturated carbocycles. The van der Waals surface area contributed by atoms with Gasteiger partial charge in [0.25, 0.3) is 5.91 Å². The topological polar surface area (TPSA) is 58.6 Å². The van der Waals surface area contributed by atoms with E-state index in [-0.39, 0.29) is 24.2 Å². The first-order valence-corrected chi connectivity index (χ1v) is 9.84.